The van der Waals surface area contributed by atoms with E-state index < -0.39 is 17.1 Å². The number of hydrogen-bond donors (Lipinski definition) is 0. The Morgan fingerprint density at radius 3 is 2.47 bits per heavy atom. The van der Waals surface area contributed by atoms with Crippen molar-refractivity contribution in [3.05, 3.63) is 98.9 Å². The molecule has 3 aromatic carbocycles. The molecule has 3 aromatic rings. The molecule has 0 spiro atoms. The first-order valence-corrected chi connectivity index (χ1v) is 11.7. The number of halogens is 2. The lowest BCUT2D eigenvalue weighted by Gasteiger charge is -2.13. The number of hydrogen-bond acceptors (Lipinski definition) is 6. The zero-order valence-electron chi connectivity index (χ0n) is 17.6. The van der Waals surface area contributed by atoms with E-state index in [9.17, 15) is 14.4 Å². The highest BCUT2D eigenvalue weighted by atomic mass is 35.5. The topological polar surface area (TPSA) is 72.9 Å². The summed E-state index contributed by atoms with van der Waals surface area (Å²) in [6.07, 6.45) is 1.48. The highest BCUT2D eigenvalue weighted by Crippen LogP contribution is 2.35. The van der Waals surface area contributed by atoms with Crippen LogP contribution in [0.2, 0.25) is 10.0 Å². The lowest BCUT2D eigenvalue weighted by Crippen LogP contribution is -2.32. The summed E-state index contributed by atoms with van der Waals surface area (Å²) in [4.78, 5) is 39.2. The standard InChI is InChI=1S/C25H17Cl2NO5S/c26-17-10-11-21(33-24(30)19-8-4-5-9-20(19)27)16(14-17)15-22-23(29)28(25(31)34-22)12-13-32-18-6-2-1-3-7-18/h1-11,14-15H,12-13H2/b22-15-. The van der Waals surface area contributed by atoms with Crippen molar-refractivity contribution >= 4 is 58.2 Å². The Hall–Kier alpha value is -3.26. The lowest BCUT2D eigenvalue weighted by atomic mass is 10.1. The Balaban J connectivity index is 1.50. The minimum atomic E-state index is -0.659. The molecule has 1 aliphatic rings. The van der Waals surface area contributed by atoms with Gasteiger partial charge in [-0.15, -0.1) is 0 Å². The van der Waals surface area contributed by atoms with Crippen molar-refractivity contribution in [1.82, 2.24) is 4.90 Å². The first-order chi connectivity index (χ1) is 16.4. The third-order valence-corrected chi connectivity index (χ3v) is 6.23. The molecule has 6 nitrogen and oxygen atoms in total. The molecule has 1 aliphatic heterocycles. The van der Waals surface area contributed by atoms with Gasteiger partial charge in [-0.05, 0) is 60.3 Å². The molecular formula is C25H17Cl2NO5S. The number of esters is 1. The molecule has 1 heterocycles. The van der Waals surface area contributed by atoms with Crippen LogP contribution in [0.1, 0.15) is 15.9 Å². The van der Waals surface area contributed by atoms with Gasteiger partial charge in [0.2, 0.25) is 0 Å². The molecule has 0 radical (unpaired) electrons. The fraction of sp³-hybridized carbons (Fsp3) is 0.0800. The van der Waals surface area contributed by atoms with Crippen LogP contribution in [0.5, 0.6) is 11.5 Å². The Bertz CT molecular complexity index is 1280. The zero-order chi connectivity index (χ0) is 24.1. The quantitative estimate of drug-likeness (QED) is 0.209. The van der Waals surface area contributed by atoms with Gasteiger partial charge in [0.25, 0.3) is 11.1 Å². The van der Waals surface area contributed by atoms with Crippen LogP contribution < -0.4 is 9.47 Å². The fourth-order valence-corrected chi connectivity index (χ4v) is 4.36. The van der Waals surface area contributed by atoms with Gasteiger partial charge >= 0.3 is 5.97 Å². The largest absolute Gasteiger partial charge is 0.492 e. The van der Waals surface area contributed by atoms with Gasteiger partial charge in [0.05, 0.1) is 22.0 Å². The summed E-state index contributed by atoms with van der Waals surface area (Å²) in [6.45, 7) is 0.258. The molecule has 0 aromatic heterocycles. The van der Waals surface area contributed by atoms with Gasteiger partial charge in [0.15, 0.2) is 0 Å². The van der Waals surface area contributed by atoms with Crippen molar-refractivity contribution in [2.75, 3.05) is 13.2 Å². The first-order valence-electron chi connectivity index (χ1n) is 10.1. The summed E-state index contributed by atoms with van der Waals surface area (Å²) in [6, 6.07) is 20.2. The molecule has 0 aliphatic carbocycles. The second-order valence-corrected chi connectivity index (χ2v) is 8.88. The monoisotopic (exact) mass is 513 g/mol. The van der Waals surface area contributed by atoms with Crippen LogP contribution in [-0.4, -0.2) is 35.2 Å². The van der Waals surface area contributed by atoms with Crippen LogP contribution in [0.15, 0.2) is 77.7 Å². The average molecular weight is 514 g/mol. The number of ether oxygens (including phenoxy) is 2. The van der Waals surface area contributed by atoms with E-state index in [0.29, 0.717) is 16.3 Å². The molecule has 0 N–H and O–H groups in total. The molecule has 1 saturated heterocycles. The maximum absolute atomic E-state index is 12.8. The van der Waals surface area contributed by atoms with Gasteiger partial charge in [-0.2, -0.15) is 0 Å². The van der Waals surface area contributed by atoms with Crippen LogP contribution in [-0.2, 0) is 4.79 Å². The molecule has 9 heteroatoms. The molecular weight excluding hydrogens is 497 g/mol. The van der Waals surface area contributed by atoms with Crippen molar-refractivity contribution < 1.29 is 23.9 Å². The van der Waals surface area contributed by atoms with Gasteiger partial charge in [-0.3, -0.25) is 14.5 Å². The number of para-hydroxylation sites is 1. The molecule has 0 unspecified atom stereocenters. The Labute approximate surface area is 210 Å². The number of carbonyl (C=O) groups is 3. The van der Waals surface area contributed by atoms with Crippen LogP contribution >= 0.6 is 35.0 Å². The first kappa shape index (κ1) is 23.9. The smallest absolute Gasteiger partial charge is 0.345 e. The Kier molecular flexibility index (Phi) is 7.57. The maximum Gasteiger partial charge on any atom is 0.345 e. The molecule has 172 valence electrons. The van der Waals surface area contributed by atoms with Crippen LogP contribution in [0.3, 0.4) is 0 Å². The van der Waals surface area contributed by atoms with Gasteiger partial charge in [0, 0.05) is 10.6 Å². The van der Waals surface area contributed by atoms with Crippen molar-refractivity contribution in [2.24, 2.45) is 0 Å². The number of amides is 2. The van der Waals surface area contributed by atoms with E-state index in [1.54, 1.807) is 48.5 Å². The summed E-state index contributed by atoms with van der Waals surface area (Å²) >= 11 is 13.0. The van der Waals surface area contributed by atoms with Gasteiger partial charge in [0.1, 0.15) is 18.1 Å². The number of rotatable bonds is 7. The number of nitrogens with zero attached hydrogens (tertiary/aromatic N) is 1. The second-order valence-electron chi connectivity index (χ2n) is 7.05. The van der Waals surface area contributed by atoms with E-state index in [1.807, 2.05) is 18.2 Å². The summed E-state index contributed by atoms with van der Waals surface area (Å²) in [5.41, 5.74) is 0.572. The van der Waals surface area contributed by atoms with Crippen molar-refractivity contribution in [3.63, 3.8) is 0 Å². The molecule has 2 amide bonds. The number of benzene rings is 3. The summed E-state index contributed by atoms with van der Waals surface area (Å²) < 4.78 is 11.1. The zero-order valence-corrected chi connectivity index (χ0v) is 19.9. The summed E-state index contributed by atoms with van der Waals surface area (Å²) in [5.74, 6) is -0.300. The normalized spacial score (nSPS) is 14.5. The average Bonchev–Trinajstić information content (AvgIpc) is 3.09. The minimum absolute atomic E-state index is 0.0980. The van der Waals surface area contributed by atoms with Crippen molar-refractivity contribution in [1.29, 1.82) is 0 Å². The predicted octanol–water partition coefficient (Wildman–Crippen LogP) is 6.33. The Morgan fingerprint density at radius 2 is 1.71 bits per heavy atom. The number of carbonyl (C=O) groups excluding carboxylic acids is 3. The minimum Gasteiger partial charge on any atom is -0.492 e. The third-order valence-electron chi connectivity index (χ3n) is 4.76. The summed E-state index contributed by atoms with van der Waals surface area (Å²) in [7, 11) is 0. The Morgan fingerprint density at radius 1 is 0.971 bits per heavy atom. The highest BCUT2D eigenvalue weighted by molar-refractivity contribution is 8.18. The third kappa shape index (κ3) is 5.62. The molecule has 0 saturated carbocycles. The van der Waals surface area contributed by atoms with Crippen LogP contribution in [0, 0.1) is 0 Å². The van der Waals surface area contributed by atoms with Crippen molar-refractivity contribution in [3.8, 4) is 11.5 Å². The number of imide groups is 1. The molecule has 0 bridgehead atoms. The van der Waals surface area contributed by atoms with E-state index >= 15 is 0 Å². The van der Waals surface area contributed by atoms with E-state index in [4.69, 9.17) is 32.7 Å². The van der Waals surface area contributed by atoms with Gasteiger partial charge in [-0.25, -0.2) is 4.79 Å². The predicted molar refractivity (Wildman–Crippen MR) is 132 cm³/mol. The van der Waals surface area contributed by atoms with Gasteiger partial charge < -0.3 is 9.47 Å². The van der Waals surface area contributed by atoms with E-state index in [-0.39, 0.29) is 34.4 Å². The molecule has 4 rings (SSSR count). The van der Waals surface area contributed by atoms with Crippen molar-refractivity contribution in [2.45, 2.75) is 0 Å². The second kappa shape index (κ2) is 10.8. The summed E-state index contributed by atoms with van der Waals surface area (Å²) in [5, 5.41) is 0.214. The van der Waals surface area contributed by atoms with Gasteiger partial charge in [-0.1, -0.05) is 53.5 Å². The van der Waals surface area contributed by atoms with E-state index in [0.717, 1.165) is 16.7 Å². The molecule has 0 atom stereocenters. The van der Waals surface area contributed by atoms with Crippen LogP contribution in [0.4, 0.5) is 4.79 Å². The molecule has 1 fully saturated rings. The number of thioether (sulfide) groups is 1. The lowest BCUT2D eigenvalue weighted by molar-refractivity contribution is -0.123. The SMILES string of the molecule is O=C(Oc1ccc(Cl)cc1/C=C1\SC(=O)N(CCOc2ccccc2)C1=O)c1ccccc1Cl. The van der Waals surface area contributed by atoms with Crippen LogP contribution in [0.25, 0.3) is 6.08 Å². The fourth-order valence-electron chi connectivity index (χ4n) is 3.11. The maximum atomic E-state index is 12.8. The van der Waals surface area contributed by atoms with E-state index in [1.165, 1.54) is 12.1 Å². The molecule has 34 heavy (non-hydrogen) atoms. The van der Waals surface area contributed by atoms with E-state index in [2.05, 4.69) is 0 Å². The highest BCUT2D eigenvalue weighted by Gasteiger charge is 2.35.